The van der Waals surface area contributed by atoms with Crippen LogP contribution in [0.4, 0.5) is 0 Å². The molecule has 0 aliphatic rings. The molecule has 0 bridgehead atoms. The average Bonchev–Trinajstić information content (AvgIpc) is 2.48. The van der Waals surface area contributed by atoms with Crippen molar-refractivity contribution in [2.75, 3.05) is 18.6 Å². The first-order chi connectivity index (χ1) is 10.1. The van der Waals surface area contributed by atoms with Crippen LogP contribution in [-0.4, -0.2) is 35.5 Å². The number of carbonyl (C=O) groups is 2. The predicted molar refractivity (Wildman–Crippen MR) is 87.7 cm³/mol. The lowest BCUT2D eigenvalue weighted by Gasteiger charge is -2.06. The molecule has 1 aromatic rings. The lowest BCUT2D eigenvalue weighted by atomic mass is 10.1. The SMILES string of the molecule is CSCCCCCNC(=O)c1cccc(/C=C/C(=O)O)c1. The van der Waals surface area contributed by atoms with Crippen LogP contribution >= 0.6 is 11.8 Å². The van der Waals surface area contributed by atoms with Gasteiger partial charge in [0.25, 0.3) is 5.91 Å². The maximum absolute atomic E-state index is 12.0. The van der Waals surface area contributed by atoms with Gasteiger partial charge in [0, 0.05) is 18.2 Å². The van der Waals surface area contributed by atoms with Crippen molar-refractivity contribution in [3.8, 4) is 0 Å². The highest BCUT2D eigenvalue weighted by Crippen LogP contribution is 2.07. The molecule has 0 atom stereocenters. The van der Waals surface area contributed by atoms with E-state index in [1.165, 1.54) is 12.5 Å². The van der Waals surface area contributed by atoms with Crippen LogP contribution < -0.4 is 5.32 Å². The van der Waals surface area contributed by atoms with Gasteiger partial charge >= 0.3 is 5.97 Å². The van der Waals surface area contributed by atoms with Gasteiger partial charge in [-0.05, 0) is 48.6 Å². The van der Waals surface area contributed by atoms with Gasteiger partial charge in [0.1, 0.15) is 0 Å². The summed E-state index contributed by atoms with van der Waals surface area (Å²) in [5.41, 5.74) is 1.25. The molecule has 0 heterocycles. The number of thioether (sulfide) groups is 1. The molecule has 0 aliphatic heterocycles. The fourth-order valence-corrected chi connectivity index (χ4v) is 2.30. The Bertz CT molecular complexity index is 500. The summed E-state index contributed by atoms with van der Waals surface area (Å²) in [7, 11) is 0. The monoisotopic (exact) mass is 307 g/mol. The largest absolute Gasteiger partial charge is 0.478 e. The summed E-state index contributed by atoms with van der Waals surface area (Å²) in [4.78, 5) is 22.4. The summed E-state index contributed by atoms with van der Waals surface area (Å²) in [5.74, 6) is 0.0341. The predicted octanol–water partition coefficient (Wildman–Crippen LogP) is 3.05. The standard InChI is InChI=1S/C16H21NO3S/c1-21-11-4-2-3-10-17-16(20)14-7-5-6-13(12-14)8-9-15(18)19/h5-9,12H,2-4,10-11H2,1H3,(H,17,20)(H,18,19)/b9-8+. The molecular formula is C16H21NO3S. The minimum absolute atomic E-state index is 0.120. The van der Waals surface area contributed by atoms with E-state index in [2.05, 4.69) is 11.6 Å². The van der Waals surface area contributed by atoms with Gasteiger partial charge in [0.05, 0.1) is 0 Å². The number of unbranched alkanes of at least 4 members (excludes halogenated alkanes) is 2. The Kier molecular flexibility index (Phi) is 8.28. The van der Waals surface area contributed by atoms with E-state index in [1.807, 2.05) is 11.8 Å². The van der Waals surface area contributed by atoms with Gasteiger partial charge in [-0.2, -0.15) is 11.8 Å². The first-order valence-electron chi connectivity index (χ1n) is 6.91. The van der Waals surface area contributed by atoms with Crippen molar-refractivity contribution in [3.05, 3.63) is 41.5 Å². The molecule has 0 saturated carbocycles. The molecule has 114 valence electrons. The van der Waals surface area contributed by atoms with Crippen molar-refractivity contribution in [2.45, 2.75) is 19.3 Å². The number of carboxylic acid groups (broad SMARTS) is 1. The number of aliphatic carboxylic acids is 1. The third-order valence-electron chi connectivity index (χ3n) is 2.88. The summed E-state index contributed by atoms with van der Waals surface area (Å²) in [6.07, 6.45) is 7.89. The lowest BCUT2D eigenvalue weighted by Crippen LogP contribution is -2.24. The number of rotatable bonds is 9. The zero-order valence-electron chi connectivity index (χ0n) is 12.2. The molecule has 1 aromatic carbocycles. The third kappa shape index (κ3) is 7.56. The molecule has 0 spiro atoms. The Morgan fingerprint density at radius 3 is 2.81 bits per heavy atom. The van der Waals surface area contributed by atoms with E-state index in [1.54, 1.807) is 24.3 Å². The van der Waals surface area contributed by atoms with Crippen molar-refractivity contribution < 1.29 is 14.7 Å². The Labute approximate surface area is 129 Å². The van der Waals surface area contributed by atoms with E-state index in [9.17, 15) is 9.59 Å². The molecule has 1 rings (SSSR count). The third-order valence-corrected chi connectivity index (χ3v) is 3.57. The number of carboxylic acids is 1. The Morgan fingerprint density at radius 2 is 2.10 bits per heavy atom. The van der Waals surface area contributed by atoms with E-state index < -0.39 is 5.97 Å². The molecule has 21 heavy (non-hydrogen) atoms. The van der Waals surface area contributed by atoms with Crippen molar-refractivity contribution in [3.63, 3.8) is 0 Å². The smallest absolute Gasteiger partial charge is 0.328 e. The van der Waals surface area contributed by atoms with Crippen LogP contribution in [0.25, 0.3) is 6.08 Å². The fourth-order valence-electron chi connectivity index (χ4n) is 1.80. The van der Waals surface area contributed by atoms with Gasteiger partial charge in [-0.15, -0.1) is 0 Å². The van der Waals surface area contributed by atoms with Crippen LogP contribution in [0.5, 0.6) is 0 Å². The molecule has 0 unspecified atom stereocenters. The topological polar surface area (TPSA) is 66.4 Å². The second kappa shape index (κ2) is 10.0. The van der Waals surface area contributed by atoms with Crippen LogP contribution in [0.2, 0.25) is 0 Å². The number of hydrogen-bond donors (Lipinski definition) is 2. The number of nitrogens with one attached hydrogen (secondary N) is 1. The molecule has 0 aromatic heterocycles. The maximum Gasteiger partial charge on any atom is 0.328 e. The molecule has 2 N–H and O–H groups in total. The summed E-state index contributed by atoms with van der Waals surface area (Å²) in [6, 6.07) is 6.91. The number of amides is 1. The summed E-state index contributed by atoms with van der Waals surface area (Å²) in [6.45, 7) is 0.669. The number of carbonyl (C=O) groups excluding carboxylic acids is 1. The Hall–Kier alpha value is -1.75. The lowest BCUT2D eigenvalue weighted by molar-refractivity contribution is -0.131. The maximum atomic E-state index is 12.0. The molecule has 5 heteroatoms. The average molecular weight is 307 g/mol. The van der Waals surface area contributed by atoms with E-state index in [0.717, 1.165) is 24.7 Å². The van der Waals surface area contributed by atoms with E-state index in [4.69, 9.17) is 5.11 Å². The fraction of sp³-hybridized carbons (Fsp3) is 0.375. The van der Waals surface area contributed by atoms with Crippen LogP contribution in [0.1, 0.15) is 35.2 Å². The molecule has 0 saturated heterocycles. The van der Waals surface area contributed by atoms with Gasteiger partial charge in [-0.1, -0.05) is 18.6 Å². The Morgan fingerprint density at radius 1 is 1.29 bits per heavy atom. The quantitative estimate of drug-likeness (QED) is 0.543. The minimum atomic E-state index is -1.00. The molecule has 0 aliphatic carbocycles. The van der Waals surface area contributed by atoms with E-state index in [0.29, 0.717) is 17.7 Å². The second-order valence-electron chi connectivity index (χ2n) is 4.61. The minimum Gasteiger partial charge on any atom is -0.478 e. The first-order valence-corrected chi connectivity index (χ1v) is 8.31. The summed E-state index contributed by atoms with van der Waals surface area (Å²) < 4.78 is 0. The summed E-state index contributed by atoms with van der Waals surface area (Å²) in [5, 5.41) is 11.5. The first kappa shape index (κ1) is 17.3. The van der Waals surface area contributed by atoms with Gasteiger partial charge in [-0.25, -0.2) is 4.79 Å². The van der Waals surface area contributed by atoms with Crippen LogP contribution in [0.3, 0.4) is 0 Å². The van der Waals surface area contributed by atoms with E-state index in [-0.39, 0.29) is 5.91 Å². The van der Waals surface area contributed by atoms with Crippen molar-refractivity contribution in [1.82, 2.24) is 5.32 Å². The number of hydrogen-bond acceptors (Lipinski definition) is 3. The van der Waals surface area contributed by atoms with Gasteiger partial charge < -0.3 is 10.4 Å². The van der Waals surface area contributed by atoms with Crippen LogP contribution in [-0.2, 0) is 4.79 Å². The highest BCUT2D eigenvalue weighted by atomic mass is 32.2. The zero-order chi connectivity index (χ0) is 15.5. The molecular weight excluding hydrogens is 286 g/mol. The van der Waals surface area contributed by atoms with Crippen molar-refractivity contribution >= 4 is 29.7 Å². The Balaban J connectivity index is 2.43. The second-order valence-corrected chi connectivity index (χ2v) is 5.59. The zero-order valence-corrected chi connectivity index (χ0v) is 13.0. The van der Waals surface area contributed by atoms with Crippen LogP contribution in [0.15, 0.2) is 30.3 Å². The van der Waals surface area contributed by atoms with Crippen LogP contribution in [0, 0.1) is 0 Å². The molecule has 4 nitrogen and oxygen atoms in total. The molecule has 1 amide bonds. The van der Waals surface area contributed by atoms with Gasteiger partial charge in [0.2, 0.25) is 0 Å². The van der Waals surface area contributed by atoms with Crippen molar-refractivity contribution in [2.24, 2.45) is 0 Å². The van der Waals surface area contributed by atoms with Gasteiger partial charge in [0.15, 0.2) is 0 Å². The van der Waals surface area contributed by atoms with Crippen molar-refractivity contribution in [1.29, 1.82) is 0 Å². The van der Waals surface area contributed by atoms with E-state index >= 15 is 0 Å². The molecule has 0 radical (unpaired) electrons. The highest BCUT2D eigenvalue weighted by Gasteiger charge is 2.04. The normalized spacial score (nSPS) is 10.7. The molecule has 0 fully saturated rings. The summed E-state index contributed by atoms with van der Waals surface area (Å²) >= 11 is 1.84. The highest BCUT2D eigenvalue weighted by molar-refractivity contribution is 7.98. The number of benzene rings is 1. The van der Waals surface area contributed by atoms with Gasteiger partial charge in [-0.3, -0.25) is 4.79 Å².